The van der Waals surface area contributed by atoms with Gasteiger partial charge in [0.05, 0.1) is 13.0 Å². The lowest BCUT2D eigenvalue weighted by molar-refractivity contribution is -0.126. The summed E-state index contributed by atoms with van der Waals surface area (Å²) in [6.45, 7) is 1.44. The normalized spacial score (nSPS) is 26.5. The van der Waals surface area contributed by atoms with Crippen molar-refractivity contribution >= 4 is 17.7 Å². The van der Waals surface area contributed by atoms with E-state index in [-0.39, 0.29) is 30.2 Å². The molecular formula is C18H20N2O4. The van der Waals surface area contributed by atoms with Crippen LogP contribution in [0, 0.1) is 0 Å². The maximum atomic E-state index is 13.0. The second-order valence-electron chi connectivity index (χ2n) is 6.76. The minimum Gasteiger partial charge on any atom is -0.381 e. The third-order valence-electron chi connectivity index (χ3n) is 4.99. The number of rotatable bonds is 4. The van der Waals surface area contributed by atoms with Crippen LogP contribution in [0.1, 0.15) is 47.5 Å². The van der Waals surface area contributed by atoms with Gasteiger partial charge in [-0.25, -0.2) is 0 Å². The molecule has 1 aromatic carbocycles. The molecule has 6 heteroatoms. The first kappa shape index (κ1) is 15.3. The third-order valence-corrected chi connectivity index (χ3v) is 4.99. The van der Waals surface area contributed by atoms with Crippen LogP contribution in [-0.2, 0) is 14.3 Å². The minimum absolute atomic E-state index is 0.0667. The maximum Gasteiger partial charge on any atom is 0.254 e. The highest BCUT2D eigenvalue weighted by Gasteiger charge is 2.44. The van der Waals surface area contributed by atoms with Gasteiger partial charge in [-0.15, -0.1) is 0 Å². The standard InChI is InChI=1S/C18H20N2O4/c21-16-9-15(17(22)19-16)20(14-4-5-14)18(23)12-3-1-2-11(8-12)13-6-7-24-10-13/h1-3,8,13-15H,4-7,9-10H2,(H,19,21,22)/t13-,15+/m1/s1. The first-order valence-electron chi connectivity index (χ1n) is 8.47. The van der Waals surface area contributed by atoms with Crippen molar-refractivity contribution < 1.29 is 19.1 Å². The molecule has 0 radical (unpaired) electrons. The van der Waals surface area contributed by atoms with Crippen molar-refractivity contribution in [3.8, 4) is 0 Å². The van der Waals surface area contributed by atoms with Crippen LogP contribution in [0.3, 0.4) is 0 Å². The lowest BCUT2D eigenvalue weighted by Crippen LogP contribution is -2.46. The number of hydrogen-bond donors (Lipinski definition) is 1. The molecule has 4 rings (SSSR count). The first-order valence-corrected chi connectivity index (χ1v) is 8.47. The number of carbonyl (C=O) groups is 3. The summed E-state index contributed by atoms with van der Waals surface area (Å²) < 4.78 is 5.43. The van der Waals surface area contributed by atoms with Crippen LogP contribution in [0.25, 0.3) is 0 Å². The van der Waals surface area contributed by atoms with Crippen molar-refractivity contribution in [2.24, 2.45) is 0 Å². The molecule has 1 N–H and O–H groups in total. The van der Waals surface area contributed by atoms with Crippen molar-refractivity contribution in [3.05, 3.63) is 35.4 Å². The van der Waals surface area contributed by atoms with E-state index in [1.54, 1.807) is 11.0 Å². The first-order chi connectivity index (χ1) is 11.6. The van der Waals surface area contributed by atoms with E-state index in [2.05, 4.69) is 5.32 Å². The Morgan fingerprint density at radius 1 is 1.21 bits per heavy atom. The van der Waals surface area contributed by atoms with Crippen LogP contribution in [-0.4, -0.2) is 47.9 Å². The molecule has 0 unspecified atom stereocenters. The molecule has 1 aromatic rings. The maximum absolute atomic E-state index is 13.0. The fourth-order valence-corrected chi connectivity index (χ4v) is 3.55. The summed E-state index contributed by atoms with van der Waals surface area (Å²) in [5, 5.41) is 2.30. The van der Waals surface area contributed by atoms with E-state index in [1.807, 2.05) is 18.2 Å². The predicted molar refractivity (Wildman–Crippen MR) is 85.4 cm³/mol. The van der Waals surface area contributed by atoms with Crippen LogP contribution < -0.4 is 5.32 Å². The number of imide groups is 1. The highest BCUT2D eigenvalue weighted by atomic mass is 16.5. The van der Waals surface area contributed by atoms with E-state index in [0.717, 1.165) is 31.4 Å². The molecule has 2 atom stereocenters. The second-order valence-corrected chi connectivity index (χ2v) is 6.76. The van der Waals surface area contributed by atoms with Crippen LogP contribution in [0.2, 0.25) is 0 Å². The molecule has 6 nitrogen and oxygen atoms in total. The van der Waals surface area contributed by atoms with E-state index < -0.39 is 6.04 Å². The van der Waals surface area contributed by atoms with Gasteiger partial charge in [0.25, 0.3) is 5.91 Å². The number of benzene rings is 1. The molecule has 2 saturated heterocycles. The predicted octanol–water partition coefficient (Wildman–Crippen LogP) is 1.21. The number of nitrogens with zero attached hydrogens (tertiary/aromatic N) is 1. The van der Waals surface area contributed by atoms with Crippen LogP contribution in [0.5, 0.6) is 0 Å². The zero-order valence-electron chi connectivity index (χ0n) is 13.4. The Kier molecular flexibility index (Phi) is 3.84. The lowest BCUT2D eigenvalue weighted by Gasteiger charge is -2.27. The smallest absolute Gasteiger partial charge is 0.254 e. The molecule has 2 aliphatic heterocycles. The number of nitrogens with one attached hydrogen (secondary N) is 1. The fraction of sp³-hybridized carbons (Fsp3) is 0.500. The van der Waals surface area contributed by atoms with Gasteiger partial charge in [-0.1, -0.05) is 12.1 Å². The van der Waals surface area contributed by atoms with E-state index in [1.165, 1.54) is 0 Å². The van der Waals surface area contributed by atoms with Gasteiger partial charge in [-0.2, -0.15) is 0 Å². The average molecular weight is 328 g/mol. The van der Waals surface area contributed by atoms with Crippen molar-refractivity contribution in [2.45, 2.75) is 43.7 Å². The van der Waals surface area contributed by atoms with E-state index in [0.29, 0.717) is 18.1 Å². The largest absolute Gasteiger partial charge is 0.381 e. The number of ether oxygens (including phenoxy) is 1. The Hall–Kier alpha value is -2.21. The molecule has 24 heavy (non-hydrogen) atoms. The zero-order valence-corrected chi connectivity index (χ0v) is 13.4. The van der Waals surface area contributed by atoms with Gasteiger partial charge in [0.2, 0.25) is 11.8 Å². The summed E-state index contributed by atoms with van der Waals surface area (Å²) in [5.41, 5.74) is 1.68. The molecule has 126 valence electrons. The van der Waals surface area contributed by atoms with Gasteiger partial charge in [0.15, 0.2) is 0 Å². The highest BCUT2D eigenvalue weighted by molar-refractivity contribution is 6.08. The van der Waals surface area contributed by atoms with E-state index in [9.17, 15) is 14.4 Å². The van der Waals surface area contributed by atoms with E-state index >= 15 is 0 Å². The molecule has 1 aliphatic carbocycles. The van der Waals surface area contributed by atoms with Gasteiger partial charge in [-0.3, -0.25) is 19.7 Å². The lowest BCUT2D eigenvalue weighted by atomic mass is 9.96. The minimum atomic E-state index is -0.670. The monoisotopic (exact) mass is 328 g/mol. The van der Waals surface area contributed by atoms with Gasteiger partial charge in [0, 0.05) is 24.1 Å². The molecule has 2 heterocycles. The van der Waals surface area contributed by atoms with E-state index in [4.69, 9.17) is 4.74 Å². The van der Waals surface area contributed by atoms with Crippen molar-refractivity contribution in [2.75, 3.05) is 13.2 Å². The summed E-state index contributed by atoms with van der Waals surface area (Å²) >= 11 is 0. The summed E-state index contributed by atoms with van der Waals surface area (Å²) in [6.07, 6.45) is 2.81. The highest BCUT2D eigenvalue weighted by Crippen LogP contribution is 2.33. The van der Waals surface area contributed by atoms with Crippen molar-refractivity contribution in [1.82, 2.24) is 10.2 Å². The van der Waals surface area contributed by atoms with Gasteiger partial charge >= 0.3 is 0 Å². The molecule has 3 fully saturated rings. The topological polar surface area (TPSA) is 75.7 Å². The molecule has 3 amide bonds. The Bertz CT molecular complexity index is 692. The summed E-state index contributed by atoms with van der Waals surface area (Å²) in [5.74, 6) is -0.502. The van der Waals surface area contributed by atoms with Gasteiger partial charge in [0.1, 0.15) is 6.04 Å². The molecule has 0 aromatic heterocycles. The molecule has 0 spiro atoms. The Balaban J connectivity index is 1.60. The Morgan fingerprint density at radius 3 is 2.67 bits per heavy atom. The zero-order chi connectivity index (χ0) is 16.7. The molecule has 3 aliphatic rings. The second kappa shape index (κ2) is 6.02. The number of carbonyl (C=O) groups excluding carboxylic acids is 3. The van der Waals surface area contributed by atoms with Crippen LogP contribution >= 0.6 is 0 Å². The van der Waals surface area contributed by atoms with Crippen LogP contribution in [0.4, 0.5) is 0 Å². The Labute approximate surface area is 140 Å². The van der Waals surface area contributed by atoms with Crippen molar-refractivity contribution in [1.29, 1.82) is 0 Å². The van der Waals surface area contributed by atoms with Gasteiger partial charge < -0.3 is 9.64 Å². The Morgan fingerprint density at radius 2 is 2.04 bits per heavy atom. The summed E-state index contributed by atoms with van der Waals surface area (Å²) in [6, 6.07) is 6.99. The molecule has 0 bridgehead atoms. The van der Waals surface area contributed by atoms with Gasteiger partial charge in [-0.05, 0) is 37.0 Å². The summed E-state index contributed by atoms with van der Waals surface area (Å²) in [7, 11) is 0. The SMILES string of the molecule is O=C1C[C@H](N(C(=O)c2cccc([C@@H]3CCOC3)c2)C2CC2)C(=O)N1. The molecule has 1 saturated carbocycles. The third kappa shape index (κ3) is 2.82. The fourth-order valence-electron chi connectivity index (χ4n) is 3.55. The number of amides is 3. The summed E-state index contributed by atoms with van der Waals surface area (Å²) in [4.78, 5) is 38.2. The van der Waals surface area contributed by atoms with Crippen molar-refractivity contribution in [3.63, 3.8) is 0 Å². The number of hydrogen-bond acceptors (Lipinski definition) is 4. The average Bonchev–Trinajstić information content (AvgIpc) is 3.14. The van der Waals surface area contributed by atoms with Crippen LogP contribution in [0.15, 0.2) is 24.3 Å². The quantitative estimate of drug-likeness (QED) is 0.843. The molecular weight excluding hydrogens is 308 g/mol.